The van der Waals surface area contributed by atoms with Crippen molar-refractivity contribution in [2.24, 2.45) is 0 Å². The summed E-state index contributed by atoms with van der Waals surface area (Å²) in [5, 5.41) is 7.92. The summed E-state index contributed by atoms with van der Waals surface area (Å²) < 4.78 is 23.7. The van der Waals surface area contributed by atoms with Crippen LogP contribution in [0.5, 0.6) is 0 Å². The van der Waals surface area contributed by atoms with E-state index in [1.54, 1.807) is 28.7 Å². The summed E-state index contributed by atoms with van der Waals surface area (Å²) in [7, 11) is 0. The standard InChI is InChI=1S/C14H5FN2OS2.6CH3.2Sn/c15-9-7-8(10-3-1-5-19-10)14-13(16-17-18-14)12(9)11-4-2-6-20-11;;;;;;;;/h1-4,7H;6*1H3;;. The van der Waals surface area contributed by atoms with E-state index in [0.29, 0.717) is 16.7 Å². The fourth-order valence-electron chi connectivity index (χ4n) is 3.09. The Bertz CT molecular complexity index is 1170. The predicted molar refractivity (Wildman–Crippen MR) is 124 cm³/mol. The monoisotopic (exact) mass is 630 g/mol. The van der Waals surface area contributed by atoms with Gasteiger partial charge in [0.05, 0.1) is 0 Å². The zero-order chi connectivity index (χ0) is 20.3. The molecule has 3 heterocycles. The second-order valence-electron chi connectivity index (χ2n) is 9.06. The minimum atomic E-state index is -2.20. The van der Waals surface area contributed by atoms with Gasteiger partial charge in [0.25, 0.3) is 0 Å². The van der Waals surface area contributed by atoms with Crippen molar-refractivity contribution in [1.29, 1.82) is 0 Å². The molecule has 0 N–H and O–H groups in total. The van der Waals surface area contributed by atoms with Crippen LogP contribution in [-0.4, -0.2) is 47.1 Å². The molecule has 0 saturated carbocycles. The fourth-order valence-corrected chi connectivity index (χ4v) is 15.7. The number of hydrogen-bond donors (Lipinski definition) is 0. The summed E-state index contributed by atoms with van der Waals surface area (Å²) in [4.78, 5) is 16.2. The zero-order valence-corrected chi connectivity index (χ0v) is 24.2. The van der Waals surface area contributed by atoms with Crippen LogP contribution >= 0.6 is 22.7 Å². The topological polar surface area (TPSA) is 38.9 Å². The molecule has 3 nitrogen and oxygen atoms in total. The first-order chi connectivity index (χ1) is 13.1. The van der Waals surface area contributed by atoms with Crippen molar-refractivity contribution in [1.82, 2.24) is 10.4 Å². The number of thiophene rings is 2. The van der Waals surface area contributed by atoms with Crippen LogP contribution in [0.15, 0.2) is 34.9 Å². The SMILES string of the molecule is [CH3][Sn]([CH3])([CH3])[c]1ccc(-c2c(F)cc(-c3cc[c]([Sn]([CH3])([CH3])[CH3])s3)c3onnc23)s1. The van der Waals surface area contributed by atoms with Gasteiger partial charge in [-0.3, -0.25) is 0 Å². The quantitative estimate of drug-likeness (QED) is 0.264. The van der Waals surface area contributed by atoms with E-state index in [0.717, 1.165) is 15.3 Å². The maximum absolute atomic E-state index is 15.3. The first-order valence-electron chi connectivity index (χ1n) is 9.21. The summed E-state index contributed by atoms with van der Waals surface area (Å²) in [6.45, 7) is 0. The molecule has 0 radical (unpaired) electrons. The van der Waals surface area contributed by atoms with E-state index in [1.165, 1.54) is 5.79 Å². The Kier molecular flexibility index (Phi) is 5.46. The van der Waals surface area contributed by atoms with Gasteiger partial charge in [-0.2, -0.15) is 0 Å². The third-order valence-corrected chi connectivity index (χ3v) is 25.9. The molecule has 3 aromatic heterocycles. The maximum atomic E-state index is 15.3. The van der Waals surface area contributed by atoms with Gasteiger partial charge in [0.1, 0.15) is 0 Å². The Balaban J connectivity index is 1.88. The van der Waals surface area contributed by atoms with Crippen LogP contribution in [-0.2, 0) is 0 Å². The molecule has 146 valence electrons. The summed E-state index contributed by atoms with van der Waals surface area (Å²) in [5.74, 6) is -0.259. The number of fused-ring (bicyclic) bond motifs is 1. The number of hydrogen-bond acceptors (Lipinski definition) is 5. The number of benzene rings is 1. The van der Waals surface area contributed by atoms with E-state index in [9.17, 15) is 0 Å². The summed E-state index contributed by atoms with van der Waals surface area (Å²) in [6.07, 6.45) is 0. The molecule has 0 amide bonds. The van der Waals surface area contributed by atoms with E-state index < -0.39 is 36.8 Å². The van der Waals surface area contributed by atoms with Gasteiger partial charge in [-0.05, 0) is 0 Å². The minimum absolute atomic E-state index is 0.259. The van der Waals surface area contributed by atoms with Crippen LogP contribution in [0.1, 0.15) is 0 Å². The van der Waals surface area contributed by atoms with Crippen LogP contribution in [0.3, 0.4) is 0 Å². The van der Waals surface area contributed by atoms with Crippen molar-refractivity contribution in [2.75, 3.05) is 0 Å². The van der Waals surface area contributed by atoms with Crippen molar-refractivity contribution in [3.05, 3.63) is 36.1 Å². The van der Waals surface area contributed by atoms with Gasteiger partial charge >= 0.3 is 182 Å². The molecule has 8 heteroatoms. The van der Waals surface area contributed by atoms with Crippen molar-refractivity contribution in [2.45, 2.75) is 29.6 Å². The summed E-state index contributed by atoms with van der Waals surface area (Å²) in [5.41, 5.74) is 2.35. The molecule has 28 heavy (non-hydrogen) atoms. The molecule has 4 aromatic rings. The molecule has 0 spiro atoms. The van der Waals surface area contributed by atoms with Crippen molar-refractivity contribution in [3.8, 4) is 20.9 Å². The van der Waals surface area contributed by atoms with Crippen molar-refractivity contribution >= 4 is 76.3 Å². The molecule has 1 aromatic carbocycles. The van der Waals surface area contributed by atoms with Crippen LogP contribution in [0, 0.1) is 5.82 Å². The van der Waals surface area contributed by atoms with E-state index in [-0.39, 0.29) is 5.82 Å². The van der Waals surface area contributed by atoms with Crippen molar-refractivity contribution in [3.63, 3.8) is 0 Å². The number of nitrogens with zero attached hydrogens (tertiary/aromatic N) is 2. The Hall–Kier alpha value is -0.453. The number of rotatable bonds is 4. The van der Waals surface area contributed by atoms with E-state index in [2.05, 4.69) is 58.2 Å². The molecule has 0 fully saturated rings. The number of aromatic nitrogens is 2. The van der Waals surface area contributed by atoms with Crippen LogP contribution < -0.4 is 5.79 Å². The van der Waals surface area contributed by atoms with Crippen LogP contribution in [0.2, 0.25) is 29.6 Å². The van der Waals surface area contributed by atoms with Gasteiger partial charge in [0.2, 0.25) is 0 Å². The Morgan fingerprint density at radius 3 is 2.00 bits per heavy atom. The van der Waals surface area contributed by atoms with Gasteiger partial charge in [-0.1, -0.05) is 0 Å². The molecule has 0 saturated heterocycles. The van der Waals surface area contributed by atoms with Crippen LogP contribution in [0.25, 0.3) is 32.0 Å². The first-order valence-corrected chi connectivity index (χ1v) is 30.8. The average molecular weight is 628 g/mol. The Labute approximate surface area is 180 Å². The summed E-state index contributed by atoms with van der Waals surface area (Å²) >= 11 is -0.930. The number of halogens is 1. The third kappa shape index (κ3) is 3.81. The second-order valence-corrected chi connectivity index (χ2v) is 42.1. The molecule has 0 aliphatic heterocycles. The van der Waals surface area contributed by atoms with Gasteiger partial charge < -0.3 is 0 Å². The summed E-state index contributed by atoms with van der Waals surface area (Å²) in [6, 6.07) is 10.0. The molecule has 0 bridgehead atoms. The normalized spacial score (nSPS) is 12.8. The molecular formula is C20H23FN2OS2Sn2. The second kappa shape index (κ2) is 7.35. The van der Waals surface area contributed by atoms with Crippen LogP contribution in [0.4, 0.5) is 4.39 Å². The average Bonchev–Trinajstić information content (AvgIpc) is 3.32. The molecule has 4 rings (SSSR count). The first kappa shape index (κ1) is 20.8. The van der Waals surface area contributed by atoms with E-state index >= 15 is 4.39 Å². The molecule has 0 aliphatic rings. The van der Waals surface area contributed by atoms with Gasteiger partial charge in [-0.25, -0.2) is 0 Å². The zero-order valence-electron chi connectivity index (χ0n) is 16.9. The van der Waals surface area contributed by atoms with E-state index in [1.807, 2.05) is 6.07 Å². The molecule has 0 aliphatic carbocycles. The van der Waals surface area contributed by atoms with Gasteiger partial charge in [-0.15, -0.1) is 0 Å². The third-order valence-electron chi connectivity index (χ3n) is 4.68. The fraction of sp³-hybridized carbons (Fsp3) is 0.300. The van der Waals surface area contributed by atoms with Gasteiger partial charge in [0.15, 0.2) is 0 Å². The Morgan fingerprint density at radius 1 is 0.857 bits per heavy atom. The van der Waals surface area contributed by atoms with Crippen molar-refractivity contribution < 1.29 is 8.91 Å². The molecular weight excluding hydrogens is 605 g/mol. The predicted octanol–water partition coefficient (Wildman–Crippen LogP) is 5.91. The molecule has 0 atom stereocenters. The van der Waals surface area contributed by atoms with Gasteiger partial charge in [0, 0.05) is 0 Å². The molecule has 0 unspecified atom stereocenters. The Morgan fingerprint density at radius 2 is 1.43 bits per heavy atom. The van der Waals surface area contributed by atoms with E-state index in [4.69, 9.17) is 4.52 Å².